The van der Waals surface area contributed by atoms with E-state index in [4.69, 9.17) is 0 Å². The zero-order valence-corrected chi connectivity index (χ0v) is 14.1. The van der Waals surface area contributed by atoms with E-state index >= 15 is 0 Å². The first-order chi connectivity index (χ1) is 11.1. The van der Waals surface area contributed by atoms with Crippen molar-refractivity contribution in [3.05, 3.63) is 71.8 Å². The SMILES string of the molecule is CN1CCN(S(=O)(=O)Cc2ccccc2)[C@H](c2ccccc2)C1. The first kappa shape index (κ1) is 16.2. The summed E-state index contributed by atoms with van der Waals surface area (Å²) in [6.45, 7) is 2.01. The molecule has 2 aromatic carbocycles. The highest BCUT2D eigenvalue weighted by molar-refractivity contribution is 7.88. The molecule has 4 nitrogen and oxygen atoms in total. The van der Waals surface area contributed by atoms with Crippen molar-refractivity contribution >= 4 is 10.0 Å². The van der Waals surface area contributed by atoms with Gasteiger partial charge in [0.1, 0.15) is 0 Å². The van der Waals surface area contributed by atoms with E-state index in [2.05, 4.69) is 4.90 Å². The van der Waals surface area contributed by atoms with Crippen LogP contribution in [0.5, 0.6) is 0 Å². The monoisotopic (exact) mass is 330 g/mol. The molecule has 0 N–H and O–H groups in total. The van der Waals surface area contributed by atoms with Gasteiger partial charge in [-0.1, -0.05) is 60.7 Å². The van der Waals surface area contributed by atoms with E-state index in [0.29, 0.717) is 6.54 Å². The molecular formula is C18H22N2O2S. The Balaban J connectivity index is 1.89. The Labute approximate surface area is 138 Å². The van der Waals surface area contributed by atoms with Gasteiger partial charge in [-0.05, 0) is 18.2 Å². The lowest BCUT2D eigenvalue weighted by Gasteiger charge is -2.39. The number of piperazine rings is 1. The van der Waals surface area contributed by atoms with Gasteiger partial charge in [0.25, 0.3) is 0 Å². The topological polar surface area (TPSA) is 40.6 Å². The van der Waals surface area contributed by atoms with Crippen LogP contribution in [-0.4, -0.2) is 44.3 Å². The van der Waals surface area contributed by atoms with Crippen molar-refractivity contribution in [1.82, 2.24) is 9.21 Å². The molecule has 1 saturated heterocycles. The van der Waals surface area contributed by atoms with Gasteiger partial charge in [0.2, 0.25) is 10.0 Å². The molecule has 23 heavy (non-hydrogen) atoms. The molecule has 1 heterocycles. The Bertz CT molecular complexity index is 732. The highest BCUT2D eigenvalue weighted by Crippen LogP contribution is 2.28. The van der Waals surface area contributed by atoms with Crippen LogP contribution in [0.3, 0.4) is 0 Å². The molecule has 0 aliphatic carbocycles. The van der Waals surface area contributed by atoms with Crippen LogP contribution in [0.1, 0.15) is 17.2 Å². The van der Waals surface area contributed by atoms with Crippen LogP contribution in [0, 0.1) is 0 Å². The standard InChI is InChI=1S/C18H22N2O2S/c1-19-12-13-20(18(14-19)17-10-6-3-7-11-17)23(21,22)15-16-8-4-2-5-9-16/h2-11,18H,12-15H2,1H3/t18-/m0/s1. The fraction of sp³-hybridized carbons (Fsp3) is 0.333. The number of hydrogen-bond donors (Lipinski definition) is 0. The van der Waals surface area contributed by atoms with E-state index in [1.54, 1.807) is 4.31 Å². The molecule has 1 aliphatic rings. The molecule has 122 valence electrons. The normalized spacial score (nSPS) is 20.5. The number of likely N-dealkylation sites (N-methyl/N-ethyl adjacent to an activating group) is 1. The molecule has 0 spiro atoms. The second-order valence-corrected chi connectivity index (χ2v) is 7.96. The van der Waals surface area contributed by atoms with Crippen LogP contribution in [0.2, 0.25) is 0 Å². The lowest BCUT2D eigenvalue weighted by Crippen LogP contribution is -2.49. The Morgan fingerprint density at radius 2 is 1.57 bits per heavy atom. The van der Waals surface area contributed by atoms with Crippen LogP contribution in [0.4, 0.5) is 0 Å². The molecule has 0 saturated carbocycles. The van der Waals surface area contributed by atoms with Gasteiger partial charge in [0.15, 0.2) is 0 Å². The minimum absolute atomic E-state index is 0.0564. The zero-order valence-electron chi connectivity index (χ0n) is 13.3. The van der Waals surface area contributed by atoms with Crippen molar-refractivity contribution in [1.29, 1.82) is 0 Å². The van der Waals surface area contributed by atoms with Gasteiger partial charge in [-0.15, -0.1) is 0 Å². The van der Waals surface area contributed by atoms with Gasteiger partial charge < -0.3 is 4.90 Å². The minimum Gasteiger partial charge on any atom is -0.303 e. The summed E-state index contributed by atoms with van der Waals surface area (Å²) >= 11 is 0. The first-order valence-electron chi connectivity index (χ1n) is 7.83. The first-order valence-corrected chi connectivity index (χ1v) is 9.44. The van der Waals surface area contributed by atoms with E-state index in [0.717, 1.165) is 24.2 Å². The molecule has 1 aliphatic heterocycles. The average Bonchev–Trinajstić information content (AvgIpc) is 2.56. The van der Waals surface area contributed by atoms with Crippen molar-refractivity contribution < 1.29 is 8.42 Å². The van der Waals surface area contributed by atoms with E-state index in [-0.39, 0.29) is 11.8 Å². The number of nitrogens with zero attached hydrogens (tertiary/aromatic N) is 2. The lowest BCUT2D eigenvalue weighted by atomic mass is 10.1. The fourth-order valence-electron chi connectivity index (χ4n) is 3.05. The highest BCUT2D eigenvalue weighted by atomic mass is 32.2. The molecule has 5 heteroatoms. The van der Waals surface area contributed by atoms with Crippen molar-refractivity contribution in [2.45, 2.75) is 11.8 Å². The summed E-state index contributed by atoms with van der Waals surface area (Å²) < 4.78 is 27.6. The van der Waals surface area contributed by atoms with Gasteiger partial charge in [0.05, 0.1) is 11.8 Å². The molecular weight excluding hydrogens is 308 g/mol. The Morgan fingerprint density at radius 3 is 2.22 bits per heavy atom. The maximum atomic E-state index is 13.0. The smallest absolute Gasteiger partial charge is 0.218 e. The predicted octanol–water partition coefficient (Wildman–Crippen LogP) is 2.51. The van der Waals surface area contributed by atoms with Crippen molar-refractivity contribution in [3.63, 3.8) is 0 Å². The van der Waals surface area contributed by atoms with Crippen LogP contribution in [0.25, 0.3) is 0 Å². The Morgan fingerprint density at radius 1 is 0.957 bits per heavy atom. The largest absolute Gasteiger partial charge is 0.303 e. The molecule has 1 fully saturated rings. The third kappa shape index (κ3) is 3.80. The summed E-state index contributed by atoms with van der Waals surface area (Å²) in [6.07, 6.45) is 0. The molecule has 0 aromatic heterocycles. The van der Waals surface area contributed by atoms with Crippen molar-refractivity contribution in [2.24, 2.45) is 0 Å². The van der Waals surface area contributed by atoms with Crippen LogP contribution >= 0.6 is 0 Å². The quantitative estimate of drug-likeness (QED) is 0.865. The lowest BCUT2D eigenvalue weighted by molar-refractivity contribution is 0.160. The van der Waals surface area contributed by atoms with Crippen LogP contribution in [-0.2, 0) is 15.8 Å². The fourth-order valence-corrected chi connectivity index (χ4v) is 4.77. The molecule has 0 bridgehead atoms. The highest BCUT2D eigenvalue weighted by Gasteiger charge is 2.34. The Hall–Kier alpha value is -1.69. The van der Waals surface area contributed by atoms with Gasteiger partial charge in [0, 0.05) is 19.6 Å². The van der Waals surface area contributed by atoms with E-state index in [1.165, 1.54) is 0 Å². The number of sulfonamides is 1. The molecule has 0 unspecified atom stereocenters. The van der Waals surface area contributed by atoms with Gasteiger partial charge >= 0.3 is 0 Å². The maximum Gasteiger partial charge on any atom is 0.218 e. The molecule has 2 aromatic rings. The number of rotatable bonds is 4. The van der Waals surface area contributed by atoms with Crippen molar-refractivity contribution in [3.8, 4) is 0 Å². The summed E-state index contributed by atoms with van der Waals surface area (Å²) in [4.78, 5) is 2.19. The predicted molar refractivity (Wildman–Crippen MR) is 92.5 cm³/mol. The molecule has 0 radical (unpaired) electrons. The number of benzene rings is 2. The molecule has 0 amide bonds. The Kier molecular flexibility index (Phi) is 4.80. The van der Waals surface area contributed by atoms with Crippen LogP contribution in [0.15, 0.2) is 60.7 Å². The third-order valence-corrected chi connectivity index (χ3v) is 6.12. The minimum atomic E-state index is -3.35. The van der Waals surface area contributed by atoms with Crippen LogP contribution < -0.4 is 0 Å². The summed E-state index contributed by atoms with van der Waals surface area (Å²) in [5, 5.41) is 0. The summed E-state index contributed by atoms with van der Waals surface area (Å²) in [6, 6.07) is 19.2. The molecule has 3 rings (SSSR count). The summed E-state index contributed by atoms with van der Waals surface area (Å²) in [5.41, 5.74) is 1.88. The van der Waals surface area contributed by atoms with Gasteiger partial charge in [-0.3, -0.25) is 0 Å². The third-order valence-electron chi connectivity index (χ3n) is 4.27. The summed E-state index contributed by atoms with van der Waals surface area (Å²) in [7, 11) is -1.31. The second kappa shape index (κ2) is 6.83. The average molecular weight is 330 g/mol. The zero-order chi connectivity index (χ0) is 16.3. The van der Waals surface area contributed by atoms with Gasteiger partial charge in [-0.2, -0.15) is 4.31 Å². The molecule has 1 atom stereocenters. The van der Waals surface area contributed by atoms with E-state index < -0.39 is 10.0 Å². The second-order valence-electron chi connectivity index (χ2n) is 6.04. The van der Waals surface area contributed by atoms with E-state index in [1.807, 2.05) is 67.7 Å². The van der Waals surface area contributed by atoms with Gasteiger partial charge in [-0.25, -0.2) is 8.42 Å². The maximum absolute atomic E-state index is 13.0. The van der Waals surface area contributed by atoms with Crippen molar-refractivity contribution in [2.75, 3.05) is 26.7 Å². The van der Waals surface area contributed by atoms with E-state index in [9.17, 15) is 8.42 Å². The summed E-state index contributed by atoms with van der Waals surface area (Å²) in [5.74, 6) is 0.0564. The number of hydrogen-bond acceptors (Lipinski definition) is 3.